The van der Waals surface area contributed by atoms with E-state index in [-0.39, 0.29) is 0 Å². The van der Waals surface area contributed by atoms with Crippen LogP contribution in [0.3, 0.4) is 0 Å². The van der Waals surface area contributed by atoms with Crippen molar-refractivity contribution in [2.75, 3.05) is 6.54 Å². The molecule has 19 heavy (non-hydrogen) atoms. The highest BCUT2D eigenvalue weighted by Gasteiger charge is 1.94. The Labute approximate surface area is 117 Å². The molecule has 0 fully saturated rings. The van der Waals surface area contributed by atoms with E-state index < -0.39 is 0 Å². The van der Waals surface area contributed by atoms with Gasteiger partial charge in [-0.3, -0.25) is 0 Å². The van der Waals surface area contributed by atoms with Gasteiger partial charge in [0.15, 0.2) is 0 Å². The summed E-state index contributed by atoms with van der Waals surface area (Å²) in [5.74, 6) is 5.27. The first-order chi connectivity index (χ1) is 8.95. The number of hydrazine groups is 1. The Morgan fingerprint density at radius 2 is 1.53 bits per heavy atom. The van der Waals surface area contributed by atoms with Crippen molar-refractivity contribution in [3.05, 3.63) is 39.9 Å². The van der Waals surface area contributed by atoms with E-state index in [0.29, 0.717) is 6.54 Å². The van der Waals surface area contributed by atoms with Crippen molar-refractivity contribution in [3.63, 3.8) is 0 Å². The first kappa shape index (κ1) is 17.6. The molecule has 4 nitrogen and oxygen atoms in total. The van der Waals surface area contributed by atoms with Crippen LogP contribution in [-0.4, -0.2) is 11.7 Å². The summed E-state index contributed by atoms with van der Waals surface area (Å²) in [4.78, 5) is 10.1. The number of hydrogen-bond acceptors (Lipinski definition) is 3. The Morgan fingerprint density at radius 3 is 2.05 bits per heavy atom. The fraction of sp³-hybridized carbons (Fsp3) is 0.600. The first-order valence-corrected chi connectivity index (χ1v) is 6.75. The van der Waals surface area contributed by atoms with E-state index in [9.17, 15) is 4.91 Å². The van der Waals surface area contributed by atoms with Crippen LogP contribution >= 0.6 is 0 Å². The minimum atomic E-state index is 0.374. The zero-order valence-electron chi connectivity index (χ0n) is 12.6. The molecule has 108 valence electrons. The molecule has 0 aliphatic carbocycles. The molecule has 0 heterocycles. The molecule has 0 spiro atoms. The number of allylic oxidation sites excluding steroid dienone is 5. The van der Waals surface area contributed by atoms with Crippen LogP contribution in [0.2, 0.25) is 0 Å². The molecule has 0 aromatic carbocycles. The van der Waals surface area contributed by atoms with Crippen LogP contribution < -0.4 is 5.84 Å². The Bertz CT molecular complexity index is 352. The topological polar surface area (TPSA) is 58.7 Å². The third-order valence-corrected chi connectivity index (χ3v) is 2.85. The van der Waals surface area contributed by atoms with Gasteiger partial charge in [-0.05, 0) is 53.4 Å². The highest BCUT2D eigenvalue weighted by molar-refractivity contribution is 5.05. The second kappa shape index (κ2) is 10.5. The van der Waals surface area contributed by atoms with E-state index in [0.717, 1.165) is 30.8 Å². The van der Waals surface area contributed by atoms with Crippen molar-refractivity contribution in [2.45, 2.75) is 53.4 Å². The van der Waals surface area contributed by atoms with E-state index in [1.54, 1.807) is 0 Å². The Balaban J connectivity index is 3.92. The largest absolute Gasteiger partial charge is 0.228 e. The molecule has 0 amide bonds. The van der Waals surface area contributed by atoms with Crippen LogP contribution in [0, 0.1) is 4.91 Å². The summed E-state index contributed by atoms with van der Waals surface area (Å²) in [6.45, 7) is 8.85. The fourth-order valence-corrected chi connectivity index (χ4v) is 1.62. The smallest absolute Gasteiger partial charge is 0.0746 e. The van der Waals surface area contributed by atoms with Gasteiger partial charge < -0.3 is 0 Å². The average molecular weight is 265 g/mol. The lowest BCUT2D eigenvalue weighted by molar-refractivity contribution is 0.328. The number of nitrogens with two attached hydrogens (primary N) is 1. The summed E-state index contributed by atoms with van der Waals surface area (Å²) < 4.78 is 0. The number of hydrogen-bond donors (Lipinski definition) is 1. The standard InChI is InChI=1S/C15H27N3O/c1-13(2)7-5-8-14(3)9-6-10-15(4)11-12-18(16)17-19/h7,9,11H,5-6,8,10,12,16H2,1-4H3/b14-9+,15-11+. The molecule has 0 aromatic rings. The normalized spacial score (nSPS) is 12.3. The molecule has 4 heteroatoms. The molecule has 2 N–H and O–H groups in total. The SMILES string of the molecule is CC(C)=CCC/C(C)=C/CC/C(C)=C/CN(N)N=O. The van der Waals surface area contributed by atoms with Crippen LogP contribution in [0.15, 0.2) is 40.2 Å². The maximum absolute atomic E-state index is 10.1. The second-order valence-electron chi connectivity index (χ2n) is 5.16. The maximum atomic E-state index is 10.1. The molecule has 0 atom stereocenters. The summed E-state index contributed by atoms with van der Waals surface area (Å²) in [7, 11) is 0. The predicted molar refractivity (Wildman–Crippen MR) is 82.1 cm³/mol. The third-order valence-electron chi connectivity index (χ3n) is 2.85. The Kier molecular flexibility index (Phi) is 9.71. The summed E-state index contributed by atoms with van der Waals surface area (Å²) in [6, 6.07) is 0. The molecule has 0 aromatic heterocycles. The van der Waals surface area contributed by atoms with Gasteiger partial charge in [0.2, 0.25) is 0 Å². The number of rotatable bonds is 9. The zero-order valence-corrected chi connectivity index (χ0v) is 12.6. The lowest BCUT2D eigenvalue weighted by atomic mass is 10.1. The van der Waals surface area contributed by atoms with Gasteiger partial charge in [-0.2, -0.15) is 5.12 Å². The summed E-state index contributed by atoms with van der Waals surface area (Å²) >= 11 is 0. The van der Waals surface area contributed by atoms with Gasteiger partial charge in [0.05, 0.1) is 11.8 Å². The van der Waals surface area contributed by atoms with Crippen molar-refractivity contribution in [2.24, 2.45) is 11.1 Å². The molecule has 0 aliphatic heterocycles. The van der Waals surface area contributed by atoms with Gasteiger partial charge in [-0.25, -0.2) is 5.84 Å². The van der Waals surface area contributed by atoms with Crippen LogP contribution in [0.5, 0.6) is 0 Å². The van der Waals surface area contributed by atoms with Gasteiger partial charge in [0, 0.05) is 0 Å². The van der Waals surface area contributed by atoms with Crippen LogP contribution in [-0.2, 0) is 0 Å². The molecule has 0 bridgehead atoms. The van der Waals surface area contributed by atoms with E-state index in [1.807, 2.05) is 13.0 Å². The molecule has 0 unspecified atom stereocenters. The second-order valence-corrected chi connectivity index (χ2v) is 5.16. The van der Waals surface area contributed by atoms with Gasteiger partial charge in [0.25, 0.3) is 0 Å². The monoisotopic (exact) mass is 265 g/mol. The van der Waals surface area contributed by atoms with Gasteiger partial charge in [0.1, 0.15) is 0 Å². The van der Waals surface area contributed by atoms with Crippen LogP contribution in [0.1, 0.15) is 53.4 Å². The molecule has 0 saturated heterocycles. The van der Waals surface area contributed by atoms with E-state index >= 15 is 0 Å². The molecule has 0 radical (unpaired) electrons. The third kappa shape index (κ3) is 11.4. The lowest BCUT2D eigenvalue weighted by Gasteiger charge is -2.05. The molecular formula is C15H27N3O. The van der Waals surface area contributed by atoms with Crippen molar-refractivity contribution >= 4 is 0 Å². The minimum absolute atomic E-state index is 0.374. The minimum Gasteiger partial charge on any atom is -0.228 e. The Hall–Kier alpha value is -1.42. The highest BCUT2D eigenvalue weighted by Crippen LogP contribution is 2.11. The molecular weight excluding hydrogens is 238 g/mol. The zero-order chi connectivity index (χ0) is 14.7. The van der Waals surface area contributed by atoms with E-state index in [2.05, 4.69) is 38.2 Å². The number of nitrogens with zero attached hydrogens (tertiary/aromatic N) is 2. The lowest BCUT2D eigenvalue weighted by Crippen LogP contribution is -2.24. The van der Waals surface area contributed by atoms with Crippen LogP contribution in [0.25, 0.3) is 0 Å². The first-order valence-electron chi connectivity index (χ1n) is 6.75. The highest BCUT2D eigenvalue weighted by atomic mass is 16.3. The predicted octanol–water partition coefficient (Wildman–Crippen LogP) is 4.26. The number of nitroso groups, excluding NO2 is 1. The van der Waals surface area contributed by atoms with Crippen molar-refractivity contribution in [3.8, 4) is 0 Å². The molecule has 0 rings (SSSR count). The van der Waals surface area contributed by atoms with Gasteiger partial charge in [-0.15, -0.1) is 4.91 Å². The van der Waals surface area contributed by atoms with Gasteiger partial charge in [-0.1, -0.05) is 34.9 Å². The quantitative estimate of drug-likeness (QED) is 0.293. The molecule has 0 saturated carbocycles. The van der Waals surface area contributed by atoms with E-state index in [4.69, 9.17) is 5.84 Å². The van der Waals surface area contributed by atoms with Crippen molar-refractivity contribution < 1.29 is 0 Å². The fourth-order valence-electron chi connectivity index (χ4n) is 1.62. The summed E-state index contributed by atoms with van der Waals surface area (Å²) in [5, 5.41) is 3.51. The van der Waals surface area contributed by atoms with Crippen LogP contribution in [0.4, 0.5) is 0 Å². The summed E-state index contributed by atoms with van der Waals surface area (Å²) in [5.41, 5.74) is 4.04. The summed E-state index contributed by atoms with van der Waals surface area (Å²) in [6.07, 6.45) is 10.8. The van der Waals surface area contributed by atoms with E-state index in [1.165, 1.54) is 16.7 Å². The average Bonchev–Trinajstić information content (AvgIpc) is 2.35. The van der Waals surface area contributed by atoms with Gasteiger partial charge >= 0.3 is 0 Å². The van der Waals surface area contributed by atoms with Crippen molar-refractivity contribution in [1.82, 2.24) is 5.12 Å². The maximum Gasteiger partial charge on any atom is 0.0746 e. The Morgan fingerprint density at radius 1 is 1.00 bits per heavy atom. The molecule has 0 aliphatic rings. The van der Waals surface area contributed by atoms with Crippen molar-refractivity contribution in [1.29, 1.82) is 0 Å².